The number of allylic oxidation sites excluding steroid dienone is 1. The van der Waals surface area contributed by atoms with Crippen LogP contribution in [0, 0.1) is 22.1 Å². The Kier molecular flexibility index (Phi) is 2.17. The van der Waals surface area contributed by atoms with Crippen LogP contribution in [0.15, 0.2) is 24.0 Å². The van der Waals surface area contributed by atoms with Crippen molar-refractivity contribution in [3.8, 4) is 6.07 Å². The maximum atomic E-state index is 8.44. The molecule has 0 unspecified atom stereocenters. The Hall–Kier alpha value is -2.18. The fourth-order valence-corrected chi connectivity index (χ4v) is 0.656. The smallest absolute Gasteiger partial charge is 0.173 e. The van der Waals surface area contributed by atoms with E-state index in [4.69, 9.17) is 16.1 Å². The van der Waals surface area contributed by atoms with Crippen molar-refractivity contribution in [2.75, 3.05) is 0 Å². The molecule has 1 aromatic heterocycles. The number of aromatic nitrogens is 2. The summed E-state index contributed by atoms with van der Waals surface area (Å²) in [6, 6.07) is 3.30. The molecule has 0 fully saturated rings. The first kappa shape index (κ1) is 7.92. The van der Waals surface area contributed by atoms with Gasteiger partial charge in [-0.2, -0.15) is 10.4 Å². The van der Waals surface area contributed by atoms with E-state index in [1.54, 1.807) is 12.1 Å². The molecule has 1 rings (SSSR count). The monoisotopic (exact) mass is 159 g/mol. The standard InChI is InChI=1S/C7H5N5/c8-4-6(5-9)7(10)12-3-1-2-11-12/h1-3,8,10H. The first-order chi connectivity index (χ1) is 5.79. The van der Waals surface area contributed by atoms with Crippen LogP contribution in [0.1, 0.15) is 0 Å². The van der Waals surface area contributed by atoms with Crippen molar-refractivity contribution < 1.29 is 0 Å². The van der Waals surface area contributed by atoms with Crippen LogP contribution in [0.3, 0.4) is 0 Å². The van der Waals surface area contributed by atoms with Gasteiger partial charge in [-0.25, -0.2) is 4.68 Å². The maximum absolute atomic E-state index is 8.44. The molecule has 58 valence electrons. The van der Waals surface area contributed by atoms with Gasteiger partial charge in [0.15, 0.2) is 11.4 Å². The van der Waals surface area contributed by atoms with Gasteiger partial charge >= 0.3 is 0 Å². The number of nitriles is 1. The lowest BCUT2D eigenvalue weighted by Gasteiger charge is -1.96. The van der Waals surface area contributed by atoms with Gasteiger partial charge in [-0.05, 0) is 6.07 Å². The second-order valence-electron chi connectivity index (χ2n) is 1.91. The molecule has 0 saturated heterocycles. The molecule has 1 heterocycles. The third-order valence-corrected chi connectivity index (χ3v) is 1.21. The molecule has 1 aromatic rings. The lowest BCUT2D eigenvalue weighted by atomic mass is 10.3. The van der Waals surface area contributed by atoms with Crippen molar-refractivity contribution in [1.82, 2.24) is 9.78 Å². The Labute approximate surface area is 68.6 Å². The molecule has 0 aromatic carbocycles. The minimum atomic E-state index is -0.141. The predicted molar refractivity (Wildman–Crippen MR) is 42.2 cm³/mol. The summed E-state index contributed by atoms with van der Waals surface area (Å²) in [7, 11) is 0. The van der Waals surface area contributed by atoms with Crippen molar-refractivity contribution >= 4 is 11.7 Å². The van der Waals surface area contributed by atoms with Gasteiger partial charge in [0.25, 0.3) is 0 Å². The van der Waals surface area contributed by atoms with Crippen LogP contribution < -0.4 is 0 Å². The Morgan fingerprint density at radius 1 is 1.58 bits per heavy atom. The lowest BCUT2D eigenvalue weighted by molar-refractivity contribution is 0.926. The number of rotatable bonds is 1. The van der Waals surface area contributed by atoms with E-state index in [0.29, 0.717) is 0 Å². The number of hydrogen-bond acceptors (Lipinski definition) is 4. The third kappa shape index (κ3) is 1.29. The lowest BCUT2D eigenvalue weighted by Crippen LogP contribution is -2.13. The highest BCUT2D eigenvalue weighted by atomic mass is 15.3. The summed E-state index contributed by atoms with van der Waals surface area (Å²) < 4.78 is 1.19. The van der Waals surface area contributed by atoms with Crippen LogP contribution in [-0.2, 0) is 0 Å². The van der Waals surface area contributed by atoms with Gasteiger partial charge < -0.3 is 0 Å². The minimum absolute atomic E-state index is 0.140. The molecule has 0 spiro atoms. The Balaban J connectivity index is 3.03. The van der Waals surface area contributed by atoms with Crippen LogP contribution in [0.2, 0.25) is 0 Å². The van der Waals surface area contributed by atoms with Gasteiger partial charge in [-0.3, -0.25) is 10.8 Å². The third-order valence-electron chi connectivity index (χ3n) is 1.21. The average molecular weight is 159 g/mol. The van der Waals surface area contributed by atoms with Gasteiger partial charge in [0.2, 0.25) is 0 Å². The molecular weight excluding hydrogens is 154 g/mol. The van der Waals surface area contributed by atoms with Crippen LogP contribution in [0.5, 0.6) is 0 Å². The molecule has 5 heteroatoms. The maximum Gasteiger partial charge on any atom is 0.173 e. The summed E-state index contributed by atoms with van der Waals surface area (Å²) in [5, 5.41) is 26.2. The van der Waals surface area contributed by atoms with E-state index in [9.17, 15) is 0 Å². The average Bonchev–Trinajstić information content (AvgIpc) is 2.58. The zero-order valence-corrected chi connectivity index (χ0v) is 6.07. The van der Waals surface area contributed by atoms with E-state index in [2.05, 4.69) is 5.10 Å². The van der Waals surface area contributed by atoms with Crippen LogP contribution >= 0.6 is 0 Å². The highest BCUT2D eigenvalue weighted by Gasteiger charge is 2.05. The summed E-state index contributed by atoms with van der Waals surface area (Å²) in [6.07, 6.45) is 3.02. The molecule has 0 aliphatic heterocycles. The molecule has 0 atom stereocenters. The molecule has 0 bridgehead atoms. The normalized spacial score (nSPS) is 8.25. The molecule has 0 radical (unpaired) electrons. The van der Waals surface area contributed by atoms with Crippen LogP contribution in [-0.4, -0.2) is 21.5 Å². The SMILES string of the molecule is N#CC(=C=N)C(=N)n1cccn1. The van der Waals surface area contributed by atoms with E-state index in [1.807, 2.05) is 5.87 Å². The second-order valence-corrected chi connectivity index (χ2v) is 1.91. The van der Waals surface area contributed by atoms with Gasteiger partial charge in [-0.15, -0.1) is 0 Å². The molecule has 12 heavy (non-hydrogen) atoms. The molecule has 0 aliphatic carbocycles. The number of nitrogens with zero attached hydrogens (tertiary/aromatic N) is 3. The quantitative estimate of drug-likeness (QED) is 0.353. The molecule has 0 amide bonds. The van der Waals surface area contributed by atoms with Crippen molar-refractivity contribution in [3.05, 3.63) is 24.0 Å². The zero-order chi connectivity index (χ0) is 8.97. The van der Waals surface area contributed by atoms with E-state index in [1.165, 1.54) is 17.1 Å². The molecule has 0 saturated carbocycles. The van der Waals surface area contributed by atoms with E-state index in [0.717, 1.165) is 0 Å². The van der Waals surface area contributed by atoms with Crippen molar-refractivity contribution in [3.63, 3.8) is 0 Å². The van der Waals surface area contributed by atoms with Gasteiger partial charge in [-0.1, -0.05) is 0 Å². The first-order valence-electron chi connectivity index (χ1n) is 3.08. The fraction of sp³-hybridized carbons (Fsp3) is 0. The number of nitrogens with one attached hydrogen (secondary N) is 2. The highest BCUT2D eigenvalue weighted by molar-refractivity contribution is 6.07. The molecular formula is C7H5N5. The van der Waals surface area contributed by atoms with Gasteiger partial charge in [0, 0.05) is 18.3 Å². The predicted octanol–water partition coefficient (Wildman–Crippen LogP) is 0.407. The minimum Gasteiger partial charge on any atom is -0.281 e. The van der Waals surface area contributed by atoms with Crippen LogP contribution in [0.25, 0.3) is 0 Å². The largest absolute Gasteiger partial charge is 0.281 e. The number of hydrogen-bond donors (Lipinski definition) is 2. The van der Waals surface area contributed by atoms with Crippen molar-refractivity contribution in [1.29, 1.82) is 16.1 Å². The fourth-order valence-electron chi connectivity index (χ4n) is 0.656. The van der Waals surface area contributed by atoms with Gasteiger partial charge in [0.05, 0.1) is 0 Å². The van der Waals surface area contributed by atoms with E-state index >= 15 is 0 Å². The first-order valence-corrected chi connectivity index (χ1v) is 3.08. The summed E-state index contributed by atoms with van der Waals surface area (Å²) in [5.74, 6) is 1.72. The highest BCUT2D eigenvalue weighted by Crippen LogP contribution is 1.92. The summed E-state index contributed by atoms with van der Waals surface area (Å²) in [6.45, 7) is 0. The van der Waals surface area contributed by atoms with E-state index < -0.39 is 0 Å². The summed E-state index contributed by atoms with van der Waals surface area (Å²) in [4.78, 5) is 0. The second kappa shape index (κ2) is 3.28. The zero-order valence-electron chi connectivity index (χ0n) is 6.07. The molecule has 2 N–H and O–H groups in total. The topological polar surface area (TPSA) is 89.3 Å². The molecule has 5 nitrogen and oxygen atoms in total. The molecule has 0 aliphatic rings. The summed E-state index contributed by atoms with van der Waals surface area (Å²) in [5.41, 5.74) is -0.140. The Morgan fingerprint density at radius 2 is 2.33 bits per heavy atom. The van der Waals surface area contributed by atoms with Crippen LogP contribution in [0.4, 0.5) is 0 Å². The Morgan fingerprint density at radius 3 is 2.75 bits per heavy atom. The Bertz CT molecular complexity index is 374. The summed E-state index contributed by atoms with van der Waals surface area (Å²) >= 11 is 0. The van der Waals surface area contributed by atoms with Crippen molar-refractivity contribution in [2.45, 2.75) is 0 Å². The van der Waals surface area contributed by atoms with E-state index in [-0.39, 0.29) is 11.4 Å². The van der Waals surface area contributed by atoms with Gasteiger partial charge in [0.1, 0.15) is 6.07 Å². The van der Waals surface area contributed by atoms with Crippen molar-refractivity contribution in [2.24, 2.45) is 0 Å².